The molecular formula is C15H17BrClF3. The van der Waals surface area contributed by atoms with Gasteiger partial charge in [-0.1, -0.05) is 52.5 Å². The molecule has 112 valence electrons. The number of halogens is 5. The quantitative estimate of drug-likeness (QED) is 0.572. The maximum absolute atomic E-state index is 13.1. The lowest BCUT2D eigenvalue weighted by Crippen LogP contribution is -2.38. The Hall–Kier alpha value is -0.220. The molecule has 2 rings (SSSR count). The maximum atomic E-state index is 13.1. The van der Waals surface area contributed by atoms with Crippen molar-refractivity contribution in [1.29, 1.82) is 0 Å². The summed E-state index contributed by atoms with van der Waals surface area (Å²) in [4.78, 5) is -0.143. The summed E-state index contributed by atoms with van der Waals surface area (Å²) in [6.07, 6.45) is -1.00. The summed E-state index contributed by atoms with van der Waals surface area (Å²) >= 11 is 9.31. The summed E-state index contributed by atoms with van der Waals surface area (Å²) in [6, 6.07) is 7.31. The molecule has 0 aliphatic heterocycles. The van der Waals surface area contributed by atoms with Crippen molar-refractivity contribution in [2.75, 3.05) is 0 Å². The summed E-state index contributed by atoms with van der Waals surface area (Å²) in [5, 5.41) is 0.644. The van der Waals surface area contributed by atoms with E-state index in [9.17, 15) is 13.2 Å². The summed E-state index contributed by atoms with van der Waals surface area (Å²) in [6.45, 7) is 0. The fourth-order valence-electron chi connectivity index (χ4n) is 3.00. The van der Waals surface area contributed by atoms with Gasteiger partial charge in [0.05, 0.1) is 5.92 Å². The molecule has 1 saturated carbocycles. The third-order valence-corrected chi connectivity index (χ3v) is 5.30. The van der Waals surface area contributed by atoms with Crippen molar-refractivity contribution in [1.82, 2.24) is 0 Å². The van der Waals surface area contributed by atoms with Crippen molar-refractivity contribution < 1.29 is 13.2 Å². The molecule has 0 spiro atoms. The Labute approximate surface area is 130 Å². The lowest BCUT2D eigenvalue weighted by atomic mass is 9.76. The summed E-state index contributed by atoms with van der Waals surface area (Å²) in [5.41, 5.74) is 1.02. The Bertz CT molecular complexity index is 430. The van der Waals surface area contributed by atoms with Gasteiger partial charge in [-0.3, -0.25) is 0 Å². The molecule has 0 amide bonds. The van der Waals surface area contributed by atoms with E-state index < -0.39 is 12.1 Å². The van der Waals surface area contributed by atoms with Crippen LogP contribution in [0.25, 0.3) is 0 Å². The number of alkyl halides is 4. The van der Waals surface area contributed by atoms with Crippen LogP contribution >= 0.6 is 27.5 Å². The van der Waals surface area contributed by atoms with Crippen LogP contribution in [0.2, 0.25) is 5.02 Å². The molecule has 0 heterocycles. The predicted octanol–water partition coefficient (Wildman–Crippen LogP) is 6.01. The third kappa shape index (κ3) is 4.14. The fraction of sp³-hybridized carbons (Fsp3) is 0.600. The molecule has 3 atom stereocenters. The SMILES string of the molecule is FC(F)(F)C1CCCCC1C(Br)Cc1ccc(Cl)cc1. The van der Waals surface area contributed by atoms with Gasteiger partial charge >= 0.3 is 6.18 Å². The van der Waals surface area contributed by atoms with Gasteiger partial charge in [0.2, 0.25) is 0 Å². The molecule has 1 aromatic carbocycles. The van der Waals surface area contributed by atoms with Crippen LogP contribution in [-0.2, 0) is 6.42 Å². The van der Waals surface area contributed by atoms with Crippen molar-refractivity contribution in [2.24, 2.45) is 11.8 Å². The van der Waals surface area contributed by atoms with E-state index in [1.807, 2.05) is 12.1 Å². The molecule has 3 unspecified atom stereocenters. The van der Waals surface area contributed by atoms with Gasteiger partial charge in [-0.25, -0.2) is 0 Å². The van der Waals surface area contributed by atoms with E-state index in [1.54, 1.807) is 12.1 Å². The predicted molar refractivity (Wildman–Crippen MR) is 79.4 cm³/mol. The van der Waals surface area contributed by atoms with Crippen LogP contribution < -0.4 is 0 Å². The molecule has 0 bridgehead atoms. The zero-order valence-corrected chi connectivity index (χ0v) is 13.3. The monoisotopic (exact) mass is 368 g/mol. The zero-order chi connectivity index (χ0) is 14.8. The van der Waals surface area contributed by atoms with Crippen molar-refractivity contribution >= 4 is 27.5 Å². The van der Waals surface area contributed by atoms with Gasteiger partial charge in [0.25, 0.3) is 0 Å². The van der Waals surface area contributed by atoms with Crippen molar-refractivity contribution in [3.8, 4) is 0 Å². The molecule has 1 fully saturated rings. The first-order valence-electron chi connectivity index (χ1n) is 6.83. The zero-order valence-electron chi connectivity index (χ0n) is 11.0. The normalized spacial score (nSPS) is 25.4. The van der Waals surface area contributed by atoms with Gasteiger partial charge in [0.1, 0.15) is 0 Å². The second-order valence-corrected chi connectivity index (χ2v) is 7.06. The largest absolute Gasteiger partial charge is 0.392 e. The highest BCUT2D eigenvalue weighted by atomic mass is 79.9. The number of rotatable bonds is 3. The molecule has 0 saturated heterocycles. The molecule has 0 aromatic heterocycles. The second kappa shape index (κ2) is 6.69. The van der Waals surface area contributed by atoms with E-state index in [0.717, 1.165) is 12.0 Å². The molecule has 1 aliphatic rings. The minimum absolute atomic E-state index is 0.143. The van der Waals surface area contributed by atoms with E-state index in [0.29, 0.717) is 24.3 Å². The van der Waals surface area contributed by atoms with E-state index in [1.165, 1.54) is 0 Å². The Kier molecular flexibility index (Phi) is 5.41. The van der Waals surface area contributed by atoms with Crippen molar-refractivity contribution in [3.63, 3.8) is 0 Å². The highest BCUT2D eigenvalue weighted by Gasteiger charge is 2.47. The number of benzene rings is 1. The smallest absolute Gasteiger partial charge is 0.171 e. The fourth-order valence-corrected chi connectivity index (χ4v) is 4.13. The summed E-state index contributed by atoms with van der Waals surface area (Å²) in [7, 11) is 0. The van der Waals surface area contributed by atoms with E-state index in [-0.39, 0.29) is 17.2 Å². The molecule has 20 heavy (non-hydrogen) atoms. The average Bonchev–Trinajstić information content (AvgIpc) is 2.40. The average molecular weight is 370 g/mol. The van der Waals surface area contributed by atoms with E-state index >= 15 is 0 Å². The molecule has 5 heteroatoms. The van der Waals surface area contributed by atoms with E-state index in [2.05, 4.69) is 15.9 Å². The van der Waals surface area contributed by atoms with E-state index in [4.69, 9.17) is 11.6 Å². The standard InChI is InChI=1S/C15H17BrClF3/c16-14(9-10-5-7-11(17)8-6-10)12-3-1-2-4-13(12)15(18,19)20/h5-8,12-14H,1-4,9H2. The Morgan fingerprint density at radius 2 is 1.75 bits per heavy atom. The van der Waals surface area contributed by atoms with Gasteiger partial charge < -0.3 is 0 Å². The minimum Gasteiger partial charge on any atom is -0.171 e. The lowest BCUT2D eigenvalue weighted by molar-refractivity contribution is -0.196. The van der Waals surface area contributed by atoms with Crippen molar-refractivity contribution in [3.05, 3.63) is 34.9 Å². The van der Waals surface area contributed by atoms with Crippen LogP contribution in [0.4, 0.5) is 13.2 Å². The third-order valence-electron chi connectivity index (χ3n) is 4.05. The summed E-state index contributed by atoms with van der Waals surface area (Å²) < 4.78 is 39.3. The van der Waals surface area contributed by atoms with Crippen LogP contribution in [0.5, 0.6) is 0 Å². The van der Waals surface area contributed by atoms with Gasteiger partial charge in [0.15, 0.2) is 0 Å². The topological polar surface area (TPSA) is 0 Å². The van der Waals surface area contributed by atoms with Crippen LogP contribution in [0.3, 0.4) is 0 Å². The first kappa shape index (κ1) is 16.2. The maximum Gasteiger partial charge on any atom is 0.392 e. The van der Waals surface area contributed by atoms with Crippen molar-refractivity contribution in [2.45, 2.75) is 43.1 Å². The lowest BCUT2D eigenvalue weighted by Gasteiger charge is -2.36. The summed E-state index contributed by atoms with van der Waals surface area (Å²) in [5.74, 6) is -1.51. The van der Waals surface area contributed by atoms with Gasteiger partial charge in [-0.05, 0) is 42.9 Å². The van der Waals surface area contributed by atoms with Gasteiger partial charge in [-0.2, -0.15) is 13.2 Å². The first-order chi connectivity index (χ1) is 9.38. The Morgan fingerprint density at radius 1 is 1.15 bits per heavy atom. The molecule has 0 N–H and O–H groups in total. The van der Waals surface area contributed by atoms with Crippen LogP contribution in [0, 0.1) is 11.8 Å². The highest BCUT2D eigenvalue weighted by Crippen LogP contribution is 2.45. The second-order valence-electron chi connectivity index (χ2n) is 5.44. The number of hydrogen-bond acceptors (Lipinski definition) is 0. The minimum atomic E-state index is -4.09. The molecule has 0 nitrogen and oxygen atoms in total. The molecule has 1 aromatic rings. The van der Waals surface area contributed by atoms with Gasteiger partial charge in [0, 0.05) is 9.85 Å². The highest BCUT2D eigenvalue weighted by molar-refractivity contribution is 9.09. The molecule has 0 radical (unpaired) electrons. The Morgan fingerprint density at radius 3 is 2.35 bits per heavy atom. The molecular weight excluding hydrogens is 353 g/mol. The van der Waals surface area contributed by atoms with Crippen LogP contribution in [-0.4, -0.2) is 11.0 Å². The Balaban J connectivity index is 2.06. The van der Waals surface area contributed by atoms with Crippen LogP contribution in [0.15, 0.2) is 24.3 Å². The van der Waals surface area contributed by atoms with Gasteiger partial charge in [-0.15, -0.1) is 0 Å². The van der Waals surface area contributed by atoms with Crippen LogP contribution in [0.1, 0.15) is 31.2 Å². The molecule has 1 aliphatic carbocycles. The number of hydrogen-bond donors (Lipinski definition) is 0. The first-order valence-corrected chi connectivity index (χ1v) is 8.12.